The van der Waals surface area contributed by atoms with Gasteiger partial charge in [-0.25, -0.2) is 0 Å². The quantitative estimate of drug-likeness (QED) is 0.655. The van der Waals surface area contributed by atoms with Crippen molar-refractivity contribution in [2.45, 2.75) is 10.4 Å². The highest BCUT2D eigenvalue weighted by Gasteiger charge is 2.28. The molecule has 0 aliphatic rings. The van der Waals surface area contributed by atoms with Crippen LogP contribution in [0.1, 0.15) is 11.3 Å². The van der Waals surface area contributed by atoms with E-state index in [1.807, 2.05) is 36.4 Å². The highest BCUT2D eigenvalue weighted by Crippen LogP contribution is 2.37. The highest BCUT2D eigenvalue weighted by molar-refractivity contribution is 8.00. The Morgan fingerprint density at radius 1 is 0.875 bits per heavy atom. The number of nitrogens with one attached hydrogen (secondary N) is 1. The molecule has 3 aromatic rings. The van der Waals surface area contributed by atoms with Gasteiger partial charge in [0.15, 0.2) is 0 Å². The number of H-pyrrole nitrogens is 1. The van der Waals surface area contributed by atoms with E-state index >= 15 is 0 Å². The number of aromatic nitrogens is 3. The lowest BCUT2D eigenvalue weighted by atomic mass is 10.0. The van der Waals surface area contributed by atoms with E-state index in [-0.39, 0.29) is 16.7 Å². The van der Waals surface area contributed by atoms with Gasteiger partial charge in [-0.3, -0.25) is 0 Å². The fraction of sp³-hybridized carbons (Fsp3) is 0.0588. The molecule has 3 rings (SSSR count). The lowest BCUT2D eigenvalue weighted by molar-refractivity contribution is -0.0328. The van der Waals surface area contributed by atoms with E-state index in [9.17, 15) is 13.2 Å². The lowest BCUT2D eigenvalue weighted by Crippen LogP contribution is -1.98. The summed E-state index contributed by atoms with van der Waals surface area (Å²) in [7, 11) is 0. The number of nitrogens with zero attached hydrogens (tertiary/aromatic N) is 2. The monoisotopic (exact) mass is 347 g/mol. The normalized spacial score (nSPS) is 12.0. The molecule has 0 saturated heterocycles. The van der Waals surface area contributed by atoms with Crippen molar-refractivity contribution in [2.75, 3.05) is 0 Å². The van der Waals surface area contributed by atoms with E-state index in [1.54, 1.807) is 18.3 Å². The van der Waals surface area contributed by atoms with Crippen molar-refractivity contribution in [1.82, 2.24) is 15.4 Å². The Bertz CT molecular complexity index is 808. The number of alkyl halides is 3. The second kappa shape index (κ2) is 6.92. The van der Waals surface area contributed by atoms with E-state index < -0.39 is 5.51 Å². The molecule has 1 heterocycles. The molecule has 0 radical (unpaired) electrons. The Kier molecular flexibility index (Phi) is 4.71. The number of hydrogen-bond acceptors (Lipinski definition) is 3. The molecule has 0 amide bonds. The molecule has 0 atom stereocenters. The molecule has 0 aliphatic heterocycles. The minimum Gasteiger partial charge on any atom is -0.197 e. The number of thioether (sulfide) groups is 1. The van der Waals surface area contributed by atoms with Crippen molar-refractivity contribution in [3.8, 4) is 11.1 Å². The molecule has 0 unspecified atom stereocenters. The average Bonchev–Trinajstić information content (AvgIpc) is 3.06. The fourth-order valence-corrected chi connectivity index (χ4v) is 2.65. The molecular weight excluding hydrogens is 335 g/mol. The minimum atomic E-state index is -4.26. The largest absolute Gasteiger partial charge is 0.446 e. The number of rotatable bonds is 4. The Morgan fingerprint density at radius 3 is 2.04 bits per heavy atom. The zero-order valence-corrected chi connectivity index (χ0v) is 13.1. The molecule has 122 valence electrons. The first-order valence-corrected chi connectivity index (χ1v) is 7.81. The van der Waals surface area contributed by atoms with Crippen molar-refractivity contribution < 1.29 is 13.2 Å². The Morgan fingerprint density at radius 2 is 1.50 bits per heavy atom. The summed E-state index contributed by atoms with van der Waals surface area (Å²) in [5.74, 6) is 0. The Labute approximate surface area is 140 Å². The SMILES string of the molecule is FC(F)(F)Sc1ccc(-c2ccc(/C=C/c3cn[nH]n3)cc2)cc1. The first-order chi connectivity index (χ1) is 11.5. The maximum atomic E-state index is 12.3. The van der Waals surface area contributed by atoms with Crippen LogP contribution in [-0.2, 0) is 0 Å². The van der Waals surface area contributed by atoms with Crippen molar-refractivity contribution in [1.29, 1.82) is 0 Å². The highest BCUT2D eigenvalue weighted by atomic mass is 32.2. The third-order valence-corrected chi connectivity index (χ3v) is 3.95. The van der Waals surface area contributed by atoms with Crippen molar-refractivity contribution in [3.05, 3.63) is 66.0 Å². The van der Waals surface area contributed by atoms with Gasteiger partial charge in [0, 0.05) is 4.90 Å². The molecule has 0 saturated carbocycles. The van der Waals surface area contributed by atoms with Crippen LogP contribution in [0, 0.1) is 0 Å². The van der Waals surface area contributed by atoms with Crippen LogP contribution in [0.25, 0.3) is 23.3 Å². The first kappa shape index (κ1) is 16.3. The second-order valence-electron chi connectivity index (χ2n) is 4.92. The van der Waals surface area contributed by atoms with E-state index in [0.717, 1.165) is 22.4 Å². The predicted molar refractivity (Wildman–Crippen MR) is 89.1 cm³/mol. The van der Waals surface area contributed by atoms with Crippen LogP contribution in [0.5, 0.6) is 0 Å². The van der Waals surface area contributed by atoms with Crippen LogP contribution < -0.4 is 0 Å². The summed E-state index contributed by atoms with van der Waals surface area (Å²) >= 11 is -0.110. The molecule has 0 fully saturated rings. The standard InChI is InChI=1S/C17H12F3N3S/c18-17(19,20)24-16-9-6-14(7-10-16)13-4-1-12(2-5-13)3-8-15-11-21-23-22-15/h1-11H,(H,21,22,23)/b8-3+. The molecular formula is C17H12F3N3S. The summed E-state index contributed by atoms with van der Waals surface area (Å²) < 4.78 is 37.0. The average molecular weight is 347 g/mol. The predicted octanol–water partition coefficient (Wildman–Crippen LogP) is 5.25. The van der Waals surface area contributed by atoms with Gasteiger partial charge < -0.3 is 0 Å². The summed E-state index contributed by atoms with van der Waals surface area (Å²) in [5, 5.41) is 10.2. The van der Waals surface area contributed by atoms with Crippen LogP contribution in [0.4, 0.5) is 13.2 Å². The zero-order valence-electron chi connectivity index (χ0n) is 12.3. The number of hydrogen-bond donors (Lipinski definition) is 1. The Balaban J connectivity index is 1.71. The number of aromatic amines is 1. The molecule has 0 bridgehead atoms. The summed E-state index contributed by atoms with van der Waals surface area (Å²) in [5.41, 5.74) is -0.729. The molecule has 3 nitrogen and oxygen atoms in total. The van der Waals surface area contributed by atoms with Crippen molar-refractivity contribution >= 4 is 23.9 Å². The lowest BCUT2D eigenvalue weighted by Gasteiger charge is -2.07. The number of benzene rings is 2. The fourth-order valence-electron chi connectivity index (χ4n) is 2.11. The van der Waals surface area contributed by atoms with Gasteiger partial charge in [-0.1, -0.05) is 42.5 Å². The van der Waals surface area contributed by atoms with Crippen LogP contribution >= 0.6 is 11.8 Å². The molecule has 7 heteroatoms. The van der Waals surface area contributed by atoms with E-state index in [1.165, 1.54) is 12.1 Å². The number of halogens is 3. The van der Waals surface area contributed by atoms with Crippen molar-refractivity contribution in [3.63, 3.8) is 0 Å². The third-order valence-electron chi connectivity index (χ3n) is 3.21. The van der Waals surface area contributed by atoms with Gasteiger partial charge in [-0.15, -0.1) is 0 Å². The van der Waals surface area contributed by atoms with Gasteiger partial charge in [0.25, 0.3) is 0 Å². The molecule has 24 heavy (non-hydrogen) atoms. The minimum absolute atomic E-state index is 0.110. The van der Waals surface area contributed by atoms with Gasteiger partial charge in [0.1, 0.15) is 5.69 Å². The van der Waals surface area contributed by atoms with E-state index in [2.05, 4.69) is 15.4 Å². The van der Waals surface area contributed by atoms with E-state index in [4.69, 9.17) is 0 Å². The van der Waals surface area contributed by atoms with Gasteiger partial charge in [0.2, 0.25) is 0 Å². The van der Waals surface area contributed by atoms with Gasteiger partial charge in [-0.2, -0.15) is 28.6 Å². The smallest absolute Gasteiger partial charge is 0.197 e. The van der Waals surface area contributed by atoms with E-state index in [0.29, 0.717) is 0 Å². The molecule has 1 aromatic heterocycles. The first-order valence-electron chi connectivity index (χ1n) is 7.00. The summed E-state index contributed by atoms with van der Waals surface area (Å²) in [6.07, 6.45) is 5.36. The third kappa shape index (κ3) is 4.48. The second-order valence-corrected chi connectivity index (χ2v) is 6.06. The summed E-state index contributed by atoms with van der Waals surface area (Å²) in [4.78, 5) is 0.179. The maximum Gasteiger partial charge on any atom is 0.446 e. The topological polar surface area (TPSA) is 41.6 Å². The molecule has 2 aromatic carbocycles. The van der Waals surface area contributed by atoms with Gasteiger partial charge in [-0.05, 0) is 46.7 Å². The zero-order chi connectivity index (χ0) is 17.0. The van der Waals surface area contributed by atoms with Crippen molar-refractivity contribution in [2.24, 2.45) is 0 Å². The van der Waals surface area contributed by atoms with Crippen LogP contribution in [-0.4, -0.2) is 20.9 Å². The van der Waals surface area contributed by atoms with Gasteiger partial charge in [0.05, 0.1) is 6.20 Å². The van der Waals surface area contributed by atoms with Crippen LogP contribution in [0.3, 0.4) is 0 Å². The molecule has 0 spiro atoms. The molecule has 1 N–H and O–H groups in total. The van der Waals surface area contributed by atoms with Crippen LogP contribution in [0.2, 0.25) is 0 Å². The summed E-state index contributed by atoms with van der Waals surface area (Å²) in [6.45, 7) is 0. The Hall–Kier alpha value is -2.54. The molecule has 0 aliphatic carbocycles. The van der Waals surface area contributed by atoms with Crippen LogP contribution in [0.15, 0.2) is 59.6 Å². The summed E-state index contributed by atoms with van der Waals surface area (Å²) in [6, 6.07) is 14.1. The van der Waals surface area contributed by atoms with Gasteiger partial charge >= 0.3 is 5.51 Å². The maximum absolute atomic E-state index is 12.3.